The Kier molecular flexibility index (Phi) is 10.1. The Morgan fingerprint density at radius 3 is 2.64 bits per heavy atom. The number of nitrogen functional groups attached to an aromatic ring is 1. The van der Waals surface area contributed by atoms with Crippen LogP contribution in [0.1, 0.15) is 52.1 Å². The summed E-state index contributed by atoms with van der Waals surface area (Å²) < 4.78 is 10.2. The smallest absolute Gasteiger partial charge is 0.252 e. The molecule has 1 aromatic rings. The van der Waals surface area contributed by atoms with Crippen LogP contribution in [-0.4, -0.2) is 54.6 Å². The van der Waals surface area contributed by atoms with Crippen molar-refractivity contribution in [1.29, 1.82) is 0 Å². The van der Waals surface area contributed by atoms with E-state index in [9.17, 15) is 19.8 Å². The number of ether oxygens (including phenoxy) is 1. The van der Waals surface area contributed by atoms with Crippen LogP contribution in [0.3, 0.4) is 0 Å². The van der Waals surface area contributed by atoms with Gasteiger partial charge < -0.3 is 30.5 Å². The molecule has 0 bridgehead atoms. The van der Waals surface area contributed by atoms with E-state index in [4.69, 9.17) is 15.0 Å². The topological polar surface area (TPSA) is 131 Å². The van der Waals surface area contributed by atoms with Crippen molar-refractivity contribution in [2.75, 3.05) is 25.6 Å². The number of hydrogen-bond donors (Lipinski definition) is 4. The van der Waals surface area contributed by atoms with Crippen LogP contribution in [0.25, 0.3) is 6.08 Å². The molecule has 28 heavy (non-hydrogen) atoms. The van der Waals surface area contributed by atoms with Gasteiger partial charge in [0.2, 0.25) is 0 Å². The van der Waals surface area contributed by atoms with Crippen molar-refractivity contribution in [1.82, 2.24) is 5.32 Å². The molecule has 9 heteroatoms. The van der Waals surface area contributed by atoms with Crippen LogP contribution < -0.4 is 11.1 Å². The number of rotatable bonds is 11. The quantitative estimate of drug-likeness (QED) is 0.109. The van der Waals surface area contributed by atoms with Gasteiger partial charge in [-0.05, 0) is 25.8 Å². The Morgan fingerprint density at radius 2 is 2.07 bits per heavy atom. The molecule has 0 aliphatic rings. The van der Waals surface area contributed by atoms with Crippen molar-refractivity contribution >= 4 is 32.8 Å². The third-order valence-electron chi connectivity index (χ3n) is 4.14. The largest absolute Gasteiger partial charge is 0.505 e. The SMILES string of the molecule is CC/C=C\c1c(N)c(O)c(C=O)c(C)c1C(=O)NCCPOC(C)C(O)OC. The van der Waals surface area contributed by atoms with Gasteiger partial charge >= 0.3 is 0 Å². The minimum Gasteiger partial charge on any atom is -0.505 e. The predicted octanol–water partition coefficient (Wildman–Crippen LogP) is 2.21. The van der Waals surface area contributed by atoms with Crippen LogP contribution in [0.2, 0.25) is 0 Å². The minimum atomic E-state index is -1.00. The summed E-state index contributed by atoms with van der Waals surface area (Å²) in [6.45, 7) is 5.55. The molecule has 1 amide bonds. The fourth-order valence-electron chi connectivity index (χ4n) is 2.52. The summed E-state index contributed by atoms with van der Waals surface area (Å²) in [4.78, 5) is 24.1. The number of allylic oxidation sites excluding steroid dienone is 1. The zero-order chi connectivity index (χ0) is 21.3. The van der Waals surface area contributed by atoms with E-state index in [1.165, 1.54) is 7.11 Å². The van der Waals surface area contributed by atoms with E-state index in [0.717, 1.165) is 6.42 Å². The van der Waals surface area contributed by atoms with Gasteiger partial charge in [0.05, 0.1) is 16.8 Å². The highest BCUT2D eigenvalue weighted by Crippen LogP contribution is 2.35. The number of aromatic hydroxyl groups is 1. The summed E-state index contributed by atoms with van der Waals surface area (Å²) in [5.74, 6) is -0.710. The van der Waals surface area contributed by atoms with Gasteiger partial charge in [0, 0.05) is 34.2 Å². The lowest BCUT2D eigenvalue weighted by Gasteiger charge is -2.18. The van der Waals surface area contributed by atoms with Gasteiger partial charge in [-0.1, -0.05) is 19.1 Å². The Hall–Kier alpha value is -1.99. The number of anilines is 1. The van der Waals surface area contributed by atoms with E-state index in [1.807, 2.05) is 13.0 Å². The van der Waals surface area contributed by atoms with Crippen molar-refractivity contribution < 1.29 is 29.1 Å². The predicted molar refractivity (Wildman–Crippen MR) is 111 cm³/mol. The maximum Gasteiger partial charge on any atom is 0.252 e. The van der Waals surface area contributed by atoms with E-state index >= 15 is 0 Å². The summed E-state index contributed by atoms with van der Waals surface area (Å²) in [6, 6.07) is 0. The van der Waals surface area contributed by atoms with Crippen LogP contribution in [-0.2, 0) is 9.26 Å². The third kappa shape index (κ3) is 6.01. The van der Waals surface area contributed by atoms with E-state index in [-0.39, 0.29) is 31.4 Å². The lowest BCUT2D eigenvalue weighted by molar-refractivity contribution is -0.126. The van der Waals surface area contributed by atoms with Gasteiger partial charge in [-0.3, -0.25) is 9.59 Å². The second-order valence-electron chi connectivity index (χ2n) is 6.12. The Bertz CT molecular complexity index is 723. The molecule has 5 N–H and O–H groups in total. The minimum absolute atomic E-state index is 0.00360. The van der Waals surface area contributed by atoms with Crippen molar-refractivity contribution in [2.24, 2.45) is 0 Å². The molecule has 0 aromatic heterocycles. The van der Waals surface area contributed by atoms with Crippen LogP contribution in [0.15, 0.2) is 6.08 Å². The molecule has 0 saturated heterocycles. The first kappa shape index (κ1) is 24.0. The van der Waals surface area contributed by atoms with Gasteiger partial charge in [-0.25, -0.2) is 0 Å². The molecule has 8 nitrogen and oxygen atoms in total. The number of amides is 1. The van der Waals surface area contributed by atoms with Crippen LogP contribution in [0.4, 0.5) is 5.69 Å². The van der Waals surface area contributed by atoms with E-state index in [1.54, 1.807) is 19.9 Å². The average molecular weight is 412 g/mol. The van der Waals surface area contributed by atoms with Crippen molar-refractivity contribution in [3.63, 3.8) is 0 Å². The highest BCUT2D eigenvalue weighted by molar-refractivity contribution is 7.32. The summed E-state index contributed by atoms with van der Waals surface area (Å²) in [5, 5.41) is 22.4. The van der Waals surface area contributed by atoms with E-state index < -0.39 is 18.3 Å². The Balaban J connectivity index is 2.90. The maximum absolute atomic E-state index is 12.7. The fraction of sp³-hybridized carbons (Fsp3) is 0.474. The number of methoxy groups -OCH3 is 1. The maximum atomic E-state index is 12.7. The molecule has 156 valence electrons. The van der Waals surface area contributed by atoms with E-state index in [0.29, 0.717) is 30.1 Å². The number of hydrogen-bond acceptors (Lipinski definition) is 7. The zero-order valence-electron chi connectivity index (χ0n) is 16.6. The van der Waals surface area contributed by atoms with Crippen LogP contribution >= 0.6 is 8.81 Å². The second-order valence-corrected chi connectivity index (χ2v) is 7.14. The van der Waals surface area contributed by atoms with Crippen molar-refractivity contribution in [3.05, 3.63) is 28.3 Å². The summed E-state index contributed by atoms with van der Waals surface area (Å²) >= 11 is 0. The summed E-state index contributed by atoms with van der Waals surface area (Å²) in [7, 11) is 1.45. The molecule has 3 atom stereocenters. The number of aliphatic hydroxyl groups excluding tert-OH is 1. The molecular formula is C19H29N2O6P. The number of carbonyl (C=O) groups excluding carboxylic acids is 2. The monoisotopic (exact) mass is 412 g/mol. The Morgan fingerprint density at radius 1 is 1.39 bits per heavy atom. The molecule has 1 rings (SSSR count). The van der Waals surface area contributed by atoms with Gasteiger partial charge in [0.15, 0.2) is 12.6 Å². The normalized spacial score (nSPS) is 13.9. The van der Waals surface area contributed by atoms with Crippen molar-refractivity contribution in [3.8, 4) is 5.75 Å². The number of phenols is 1. The first-order chi connectivity index (χ1) is 13.3. The molecule has 0 heterocycles. The molecule has 0 spiro atoms. The summed E-state index contributed by atoms with van der Waals surface area (Å²) in [5.41, 5.74) is 6.97. The first-order valence-corrected chi connectivity index (χ1v) is 10.1. The average Bonchev–Trinajstić information content (AvgIpc) is 2.68. The molecule has 0 aliphatic heterocycles. The summed E-state index contributed by atoms with van der Waals surface area (Å²) in [6.07, 6.45) is 3.77. The second kappa shape index (κ2) is 11.8. The van der Waals surface area contributed by atoms with Crippen LogP contribution in [0.5, 0.6) is 5.75 Å². The van der Waals surface area contributed by atoms with Gasteiger partial charge in [-0.2, -0.15) is 0 Å². The number of benzene rings is 1. The molecule has 0 saturated carbocycles. The number of nitrogens with one attached hydrogen (secondary N) is 1. The lowest BCUT2D eigenvalue weighted by Crippen LogP contribution is -2.28. The first-order valence-electron chi connectivity index (χ1n) is 8.94. The third-order valence-corrected chi connectivity index (χ3v) is 5.13. The molecule has 3 unspecified atom stereocenters. The lowest BCUT2D eigenvalue weighted by atomic mass is 9.93. The molecule has 0 aliphatic carbocycles. The molecular weight excluding hydrogens is 383 g/mol. The molecule has 0 fully saturated rings. The highest BCUT2D eigenvalue weighted by Gasteiger charge is 2.22. The number of phenolic OH excluding ortho intramolecular Hbond substituents is 1. The number of aldehydes is 1. The van der Waals surface area contributed by atoms with E-state index in [2.05, 4.69) is 5.32 Å². The highest BCUT2D eigenvalue weighted by atomic mass is 31.1. The van der Waals surface area contributed by atoms with Gasteiger partial charge in [0.25, 0.3) is 5.91 Å². The number of nitrogens with two attached hydrogens (primary N) is 1. The van der Waals surface area contributed by atoms with Crippen molar-refractivity contribution in [2.45, 2.75) is 39.6 Å². The van der Waals surface area contributed by atoms with Crippen LogP contribution in [0, 0.1) is 6.92 Å². The number of carbonyl (C=O) groups is 2. The number of aliphatic hydroxyl groups is 1. The zero-order valence-corrected chi connectivity index (χ0v) is 17.6. The fourth-order valence-corrected chi connectivity index (χ4v) is 3.25. The van der Waals surface area contributed by atoms with Gasteiger partial charge in [-0.15, -0.1) is 0 Å². The molecule has 0 radical (unpaired) electrons. The molecule has 1 aromatic carbocycles. The van der Waals surface area contributed by atoms with Gasteiger partial charge in [0.1, 0.15) is 11.9 Å². The standard InChI is InChI=1S/C19H29N2O6P/c1-5-6-7-13-15(11(2)14(10-22)17(23)16(13)20)18(24)21-8-9-28-27-12(3)19(25)26-4/h6-7,10,12,19,23,25,28H,5,8-9,20H2,1-4H3,(H,21,24)/b7-6-. The Labute approximate surface area is 167 Å².